The second-order valence-electron chi connectivity index (χ2n) is 6.89. The maximum Gasteiger partial charge on any atom is 0.298 e. The number of carbonyl (C=O) groups excluding carboxylic acids is 1. The average molecular weight is 392 g/mol. The Hall–Kier alpha value is -3.11. The van der Waals surface area contributed by atoms with Crippen LogP contribution in [-0.2, 0) is 16.1 Å². The minimum atomic E-state index is 0.169. The van der Waals surface area contributed by atoms with Crippen molar-refractivity contribution in [3.63, 3.8) is 0 Å². The van der Waals surface area contributed by atoms with E-state index in [9.17, 15) is 4.79 Å². The predicted octanol–water partition coefficient (Wildman–Crippen LogP) is 5.70. The highest BCUT2D eigenvalue weighted by atomic mass is 16.7. The Bertz CT molecular complexity index is 863. The van der Waals surface area contributed by atoms with Gasteiger partial charge in [0, 0.05) is 0 Å². The van der Waals surface area contributed by atoms with Crippen LogP contribution in [0.15, 0.2) is 66.7 Å². The van der Waals surface area contributed by atoms with Gasteiger partial charge in [0.05, 0.1) is 6.61 Å². The summed E-state index contributed by atoms with van der Waals surface area (Å²) in [6, 6.07) is 21.8. The summed E-state index contributed by atoms with van der Waals surface area (Å²) in [5.74, 6) is 1.20. The van der Waals surface area contributed by atoms with Gasteiger partial charge in [-0.3, -0.25) is 4.79 Å². The molecule has 3 rings (SSSR count). The minimum absolute atomic E-state index is 0.169. The minimum Gasteiger partial charge on any atom is -0.467 e. The number of hydrogen-bond acceptors (Lipinski definition) is 4. The molecule has 0 aliphatic heterocycles. The van der Waals surface area contributed by atoms with E-state index in [1.165, 1.54) is 16.7 Å². The third-order valence-electron chi connectivity index (χ3n) is 4.24. The molecular formula is C25H28O4. The van der Waals surface area contributed by atoms with Crippen LogP contribution in [0.4, 0.5) is 0 Å². The second kappa shape index (κ2) is 11.7. The lowest BCUT2D eigenvalue weighted by Crippen LogP contribution is -2.04. The number of ether oxygens (including phenoxy) is 3. The van der Waals surface area contributed by atoms with Crippen LogP contribution in [0.2, 0.25) is 0 Å². The zero-order valence-corrected chi connectivity index (χ0v) is 17.5. The van der Waals surface area contributed by atoms with Gasteiger partial charge in [0.2, 0.25) is 0 Å². The molecule has 0 N–H and O–H groups in total. The number of aryl methyl sites for hydroxylation is 4. The van der Waals surface area contributed by atoms with E-state index in [0.717, 1.165) is 11.1 Å². The second-order valence-corrected chi connectivity index (χ2v) is 6.89. The van der Waals surface area contributed by atoms with E-state index < -0.39 is 0 Å². The molecule has 4 nitrogen and oxygen atoms in total. The molecule has 0 aliphatic carbocycles. The van der Waals surface area contributed by atoms with E-state index in [2.05, 4.69) is 57.2 Å². The first kappa shape index (κ1) is 22.2. The number of carbonyl (C=O) groups is 1. The van der Waals surface area contributed by atoms with Crippen molar-refractivity contribution in [1.29, 1.82) is 0 Å². The van der Waals surface area contributed by atoms with Crippen molar-refractivity contribution < 1.29 is 19.0 Å². The van der Waals surface area contributed by atoms with Crippen LogP contribution in [0.3, 0.4) is 0 Å². The fourth-order valence-electron chi connectivity index (χ4n) is 2.50. The Morgan fingerprint density at radius 1 is 0.759 bits per heavy atom. The van der Waals surface area contributed by atoms with Crippen molar-refractivity contribution in [3.8, 4) is 11.5 Å². The molecule has 0 aromatic heterocycles. The van der Waals surface area contributed by atoms with Crippen LogP contribution in [0.1, 0.15) is 27.8 Å². The van der Waals surface area contributed by atoms with Crippen LogP contribution in [0.25, 0.3) is 0 Å². The topological polar surface area (TPSA) is 44.8 Å². The zero-order valence-electron chi connectivity index (χ0n) is 17.5. The first-order valence-electron chi connectivity index (χ1n) is 9.48. The number of rotatable bonds is 7. The van der Waals surface area contributed by atoms with Gasteiger partial charge in [-0.1, -0.05) is 65.2 Å². The summed E-state index contributed by atoms with van der Waals surface area (Å²) >= 11 is 0. The Kier molecular flexibility index (Phi) is 8.93. The van der Waals surface area contributed by atoms with E-state index in [1.54, 1.807) is 18.2 Å². The molecule has 152 valence electrons. The van der Waals surface area contributed by atoms with Crippen LogP contribution in [0, 0.1) is 27.7 Å². The molecule has 3 aromatic rings. The lowest BCUT2D eigenvalue weighted by atomic mass is 10.2. The maximum absolute atomic E-state index is 10.3. The molecular weight excluding hydrogens is 364 g/mol. The molecule has 3 aromatic carbocycles. The van der Waals surface area contributed by atoms with Crippen molar-refractivity contribution in [2.24, 2.45) is 0 Å². The SMILES string of the molecule is Cc1ccc(C)cc1.Cc1ccc(COCOc2ccc(OC=O)cc2C)cc1. The molecule has 29 heavy (non-hydrogen) atoms. The third-order valence-corrected chi connectivity index (χ3v) is 4.24. The Labute approximate surface area is 173 Å². The van der Waals surface area contributed by atoms with Crippen molar-refractivity contribution in [1.82, 2.24) is 0 Å². The molecule has 0 fully saturated rings. The fourth-order valence-corrected chi connectivity index (χ4v) is 2.50. The predicted molar refractivity (Wildman–Crippen MR) is 115 cm³/mol. The Morgan fingerprint density at radius 3 is 1.83 bits per heavy atom. The van der Waals surface area contributed by atoms with Gasteiger partial charge in [-0.2, -0.15) is 0 Å². The van der Waals surface area contributed by atoms with Crippen LogP contribution >= 0.6 is 0 Å². The standard InChI is InChI=1S/C17H18O4.C8H10/c1-13-3-5-15(6-4-13)10-19-12-21-17-8-7-16(20-11-18)9-14(17)2;1-7-3-5-8(2)6-4-7/h3-9,11H,10,12H2,1-2H3;3-6H,1-2H3. The third kappa shape index (κ3) is 8.20. The van der Waals surface area contributed by atoms with E-state index in [-0.39, 0.29) is 6.79 Å². The molecule has 0 saturated heterocycles. The Morgan fingerprint density at radius 2 is 1.31 bits per heavy atom. The zero-order chi connectivity index (χ0) is 21.1. The first-order valence-corrected chi connectivity index (χ1v) is 9.48. The smallest absolute Gasteiger partial charge is 0.298 e. The van der Waals surface area contributed by atoms with Gasteiger partial charge in [-0.25, -0.2) is 0 Å². The van der Waals surface area contributed by atoms with Gasteiger partial charge < -0.3 is 14.2 Å². The molecule has 0 radical (unpaired) electrons. The summed E-state index contributed by atoms with van der Waals surface area (Å²) in [7, 11) is 0. The number of benzene rings is 3. The van der Waals surface area contributed by atoms with Crippen LogP contribution in [0.5, 0.6) is 11.5 Å². The molecule has 0 bridgehead atoms. The van der Waals surface area contributed by atoms with Gasteiger partial charge in [-0.15, -0.1) is 0 Å². The molecule has 0 saturated carbocycles. The average Bonchev–Trinajstić information content (AvgIpc) is 2.71. The summed E-state index contributed by atoms with van der Waals surface area (Å²) in [6.45, 7) is 9.20. The highest BCUT2D eigenvalue weighted by molar-refractivity contribution is 5.48. The lowest BCUT2D eigenvalue weighted by molar-refractivity contribution is -0.120. The van der Waals surface area contributed by atoms with Gasteiger partial charge >= 0.3 is 0 Å². The monoisotopic (exact) mass is 392 g/mol. The van der Waals surface area contributed by atoms with E-state index >= 15 is 0 Å². The maximum atomic E-state index is 10.3. The van der Waals surface area contributed by atoms with Gasteiger partial charge in [0.25, 0.3) is 6.47 Å². The summed E-state index contributed by atoms with van der Waals surface area (Å²) < 4.78 is 15.8. The van der Waals surface area contributed by atoms with Crippen molar-refractivity contribution in [3.05, 3.63) is 94.5 Å². The van der Waals surface area contributed by atoms with Gasteiger partial charge in [0.15, 0.2) is 6.79 Å². The van der Waals surface area contributed by atoms with Crippen molar-refractivity contribution in [2.75, 3.05) is 6.79 Å². The van der Waals surface area contributed by atoms with E-state index in [0.29, 0.717) is 24.6 Å². The quantitative estimate of drug-likeness (QED) is 0.294. The largest absolute Gasteiger partial charge is 0.467 e. The summed E-state index contributed by atoms with van der Waals surface area (Å²) in [5.41, 5.74) is 5.87. The van der Waals surface area contributed by atoms with Crippen molar-refractivity contribution in [2.45, 2.75) is 34.3 Å². The highest BCUT2D eigenvalue weighted by Crippen LogP contribution is 2.23. The normalized spacial score (nSPS) is 9.93. The van der Waals surface area contributed by atoms with Crippen LogP contribution < -0.4 is 9.47 Å². The summed E-state index contributed by atoms with van der Waals surface area (Å²) in [4.78, 5) is 10.3. The molecule has 0 heterocycles. The van der Waals surface area contributed by atoms with E-state index in [4.69, 9.17) is 14.2 Å². The molecule has 0 unspecified atom stereocenters. The molecule has 0 amide bonds. The van der Waals surface area contributed by atoms with Crippen molar-refractivity contribution >= 4 is 6.47 Å². The summed E-state index contributed by atoms with van der Waals surface area (Å²) in [5, 5.41) is 0. The Balaban J connectivity index is 0.000000313. The first-order chi connectivity index (χ1) is 14.0. The highest BCUT2D eigenvalue weighted by Gasteiger charge is 2.02. The molecule has 0 aliphatic rings. The summed E-state index contributed by atoms with van der Waals surface area (Å²) in [6.07, 6.45) is 0. The number of hydrogen-bond donors (Lipinski definition) is 0. The van der Waals surface area contributed by atoms with Gasteiger partial charge in [0.1, 0.15) is 11.5 Å². The van der Waals surface area contributed by atoms with Gasteiger partial charge in [-0.05, 0) is 57.0 Å². The van der Waals surface area contributed by atoms with Crippen LogP contribution in [-0.4, -0.2) is 13.3 Å². The molecule has 4 heteroatoms. The fraction of sp³-hybridized carbons (Fsp3) is 0.240. The lowest BCUT2D eigenvalue weighted by Gasteiger charge is -2.10. The molecule has 0 spiro atoms. The molecule has 0 atom stereocenters. The van der Waals surface area contributed by atoms with E-state index in [1.807, 2.05) is 19.1 Å².